The Kier molecular flexibility index (Phi) is 6.29. The van der Waals surface area contributed by atoms with Gasteiger partial charge < -0.3 is 9.47 Å². The van der Waals surface area contributed by atoms with Gasteiger partial charge in [-0.15, -0.1) is 0 Å². The summed E-state index contributed by atoms with van der Waals surface area (Å²) in [4.78, 5) is 24.4. The number of nitrogens with one attached hydrogen (secondary N) is 2. The van der Waals surface area contributed by atoms with Crippen molar-refractivity contribution in [1.29, 1.82) is 0 Å². The molecule has 0 spiro atoms. The zero-order valence-corrected chi connectivity index (χ0v) is 16.6. The summed E-state index contributed by atoms with van der Waals surface area (Å²) in [5.41, 5.74) is 3.59. The number of H-pyrrole nitrogens is 1. The Morgan fingerprint density at radius 2 is 1.97 bits per heavy atom. The molecule has 1 aromatic heterocycles. The van der Waals surface area contributed by atoms with Crippen LogP contribution in [-0.4, -0.2) is 29.4 Å². The quantitative estimate of drug-likeness (QED) is 0.485. The number of rotatable bonds is 6. The average Bonchev–Trinajstić information content (AvgIpc) is 3.19. The number of amides is 1. The van der Waals surface area contributed by atoms with Gasteiger partial charge in [-0.3, -0.25) is 10.4 Å². The SMILES string of the molecule is COC(=O)C(=Cc1cc(C(C)C)c2[nH]ncc2c1)NC(=O)OCc1ccccc1. The van der Waals surface area contributed by atoms with E-state index >= 15 is 0 Å². The molecule has 0 bridgehead atoms. The Balaban J connectivity index is 1.83. The number of aromatic amines is 1. The number of ether oxygens (including phenoxy) is 2. The molecule has 0 saturated heterocycles. The highest BCUT2D eigenvalue weighted by Crippen LogP contribution is 2.26. The van der Waals surface area contributed by atoms with E-state index in [4.69, 9.17) is 9.47 Å². The van der Waals surface area contributed by atoms with Crippen molar-refractivity contribution in [1.82, 2.24) is 15.5 Å². The minimum atomic E-state index is -0.737. The summed E-state index contributed by atoms with van der Waals surface area (Å²) in [6, 6.07) is 13.1. The largest absolute Gasteiger partial charge is 0.464 e. The number of methoxy groups -OCH3 is 1. The van der Waals surface area contributed by atoms with Gasteiger partial charge in [-0.2, -0.15) is 5.10 Å². The average molecular weight is 393 g/mol. The van der Waals surface area contributed by atoms with E-state index in [2.05, 4.69) is 29.4 Å². The summed E-state index contributed by atoms with van der Waals surface area (Å²) in [5.74, 6) is -0.420. The number of aromatic nitrogens is 2. The summed E-state index contributed by atoms with van der Waals surface area (Å²) in [5, 5.41) is 10.5. The maximum Gasteiger partial charge on any atom is 0.412 e. The number of hydrogen-bond acceptors (Lipinski definition) is 5. The van der Waals surface area contributed by atoms with Crippen molar-refractivity contribution in [2.24, 2.45) is 0 Å². The van der Waals surface area contributed by atoms with E-state index in [-0.39, 0.29) is 18.2 Å². The van der Waals surface area contributed by atoms with Crippen molar-refractivity contribution < 1.29 is 19.1 Å². The zero-order valence-electron chi connectivity index (χ0n) is 16.6. The monoisotopic (exact) mass is 393 g/mol. The minimum Gasteiger partial charge on any atom is -0.464 e. The van der Waals surface area contributed by atoms with Gasteiger partial charge in [0.25, 0.3) is 0 Å². The number of carbonyl (C=O) groups excluding carboxylic acids is 2. The predicted octanol–water partition coefficient (Wildman–Crippen LogP) is 4.13. The second-order valence-corrected chi connectivity index (χ2v) is 6.84. The first kappa shape index (κ1) is 20.1. The summed E-state index contributed by atoms with van der Waals surface area (Å²) >= 11 is 0. The number of benzene rings is 2. The Hall–Kier alpha value is -3.61. The van der Waals surface area contributed by atoms with E-state index in [9.17, 15) is 9.59 Å². The number of esters is 1. The smallest absolute Gasteiger partial charge is 0.412 e. The molecule has 2 aromatic carbocycles. The molecule has 7 heteroatoms. The first-order valence-electron chi connectivity index (χ1n) is 9.22. The highest BCUT2D eigenvalue weighted by Gasteiger charge is 2.16. The lowest BCUT2D eigenvalue weighted by atomic mass is 9.97. The van der Waals surface area contributed by atoms with Crippen LogP contribution in [0.2, 0.25) is 0 Å². The van der Waals surface area contributed by atoms with Gasteiger partial charge in [-0.05, 0) is 40.8 Å². The van der Waals surface area contributed by atoms with Gasteiger partial charge in [-0.1, -0.05) is 44.2 Å². The van der Waals surface area contributed by atoms with Crippen LogP contribution in [0, 0.1) is 0 Å². The predicted molar refractivity (Wildman–Crippen MR) is 110 cm³/mol. The number of hydrogen-bond donors (Lipinski definition) is 2. The molecular formula is C22H23N3O4. The van der Waals surface area contributed by atoms with Gasteiger partial charge in [0.1, 0.15) is 12.3 Å². The maximum absolute atomic E-state index is 12.2. The van der Waals surface area contributed by atoms with Gasteiger partial charge in [0.05, 0.1) is 18.8 Å². The van der Waals surface area contributed by atoms with Crippen LogP contribution < -0.4 is 5.32 Å². The van der Waals surface area contributed by atoms with Crippen molar-refractivity contribution in [3.8, 4) is 0 Å². The minimum absolute atomic E-state index is 0.0110. The number of carbonyl (C=O) groups is 2. The highest BCUT2D eigenvalue weighted by molar-refractivity contribution is 5.97. The molecule has 1 amide bonds. The van der Waals surface area contributed by atoms with E-state index in [1.165, 1.54) is 7.11 Å². The topological polar surface area (TPSA) is 93.3 Å². The van der Waals surface area contributed by atoms with Crippen LogP contribution >= 0.6 is 0 Å². The van der Waals surface area contributed by atoms with Crippen LogP contribution in [0.15, 0.2) is 54.4 Å². The fourth-order valence-electron chi connectivity index (χ4n) is 2.94. The zero-order chi connectivity index (χ0) is 20.8. The first-order valence-corrected chi connectivity index (χ1v) is 9.22. The molecule has 0 saturated carbocycles. The van der Waals surface area contributed by atoms with Crippen molar-refractivity contribution in [3.05, 3.63) is 71.0 Å². The van der Waals surface area contributed by atoms with Gasteiger partial charge >= 0.3 is 12.1 Å². The Labute approximate surface area is 168 Å². The van der Waals surface area contributed by atoms with E-state index in [1.54, 1.807) is 12.3 Å². The van der Waals surface area contributed by atoms with Gasteiger partial charge in [0, 0.05) is 5.39 Å². The van der Waals surface area contributed by atoms with Crippen LogP contribution in [0.4, 0.5) is 4.79 Å². The first-order chi connectivity index (χ1) is 14.0. The standard InChI is InChI=1S/C22H23N3O4/c1-14(2)18-10-16(9-17-12-23-25-20(17)18)11-19(21(26)28-3)24-22(27)29-13-15-7-5-4-6-8-15/h4-12,14H,13H2,1-3H3,(H,23,25)(H,24,27). The van der Waals surface area contributed by atoms with Crippen LogP contribution in [0.5, 0.6) is 0 Å². The van der Waals surface area contributed by atoms with Gasteiger partial charge in [0.2, 0.25) is 0 Å². The van der Waals surface area contributed by atoms with E-state index < -0.39 is 12.1 Å². The molecule has 0 radical (unpaired) electrons. The van der Waals surface area contributed by atoms with Gasteiger partial charge in [0.15, 0.2) is 0 Å². The molecule has 7 nitrogen and oxygen atoms in total. The normalized spacial score (nSPS) is 11.5. The Morgan fingerprint density at radius 3 is 2.66 bits per heavy atom. The Morgan fingerprint density at radius 1 is 1.21 bits per heavy atom. The molecule has 150 valence electrons. The third kappa shape index (κ3) is 5.01. The molecule has 3 aromatic rings. The van der Waals surface area contributed by atoms with Gasteiger partial charge in [-0.25, -0.2) is 9.59 Å². The lowest BCUT2D eigenvalue weighted by molar-refractivity contribution is -0.136. The third-order valence-electron chi connectivity index (χ3n) is 4.39. The second-order valence-electron chi connectivity index (χ2n) is 6.84. The molecular weight excluding hydrogens is 370 g/mol. The lowest BCUT2D eigenvalue weighted by Crippen LogP contribution is -2.28. The molecule has 0 unspecified atom stereocenters. The molecule has 0 aliphatic heterocycles. The molecule has 0 fully saturated rings. The Bertz CT molecular complexity index is 1040. The lowest BCUT2D eigenvalue weighted by Gasteiger charge is -2.11. The molecule has 3 rings (SSSR count). The fraction of sp³-hybridized carbons (Fsp3) is 0.227. The second kappa shape index (κ2) is 9.05. The molecule has 1 heterocycles. The van der Waals surface area contributed by atoms with Crippen LogP contribution in [0.25, 0.3) is 17.0 Å². The molecule has 29 heavy (non-hydrogen) atoms. The van der Waals surface area contributed by atoms with Crippen molar-refractivity contribution >= 4 is 29.0 Å². The highest BCUT2D eigenvalue weighted by atomic mass is 16.6. The van der Waals surface area contributed by atoms with Crippen molar-refractivity contribution in [2.75, 3.05) is 7.11 Å². The molecule has 0 aliphatic rings. The summed E-state index contributed by atoms with van der Waals surface area (Å²) in [6.07, 6.45) is 2.55. The molecule has 2 N–H and O–H groups in total. The maximum atomic E-state index is 12.2. The number of alkyl carbamates (subject to hydrolysis) is 1. The molecule has 0 atom stereocenters. The van der Waals surface area contributed by atoms with E-state index in [0.717, 1.165) is 27.6 Å². The third-order valence-corrected chi connectivity index (χ3v) is 4.39. The number of nitrogens with zero attached hydrogens (tertiary/aromatic N) is 1. The molecule has 0 aliphatic carbocycles. The summed E-state index contributed by atoms with van der Waals surface area (Å²) in [6.45, 7) is 4.24. The van der Waals surface area contributed by atoms with Crippen molar-refractivity contribution in [3.63, 3.8) is 0 Å². The number of fused-ring (bicyclic) bond motifs is 1. The summed E-state index contributed by atoms with van der Waals surface area (Å²) in [7, 11) is 1.26. The van der Waals surface area contributed by atoms with Crippen molar-refractivity contribution in [2.45, 2.75) is 26.4 Å². The van der Waals surface area contributed by atoms with Crippen LogP contribution in [0.1, 0.15) is 36.5 Å². The van der Waals surface area contributed by atoms with E-state index in [0.29, 0.717) is 0 Å². The van der Waals surface area contributed by atoms with Crippen LogP contribution in [0.3, 0.4) is 0 Å². The fourth-order valence-corrected chi connectivity index (χ4v) is 2.94. The van der Waals surface area contributed by atoms with E-state index in [1.807, 2.05) is 42.5 Å². The summed E-state index contributed by atoms with van der Waals surface area (Å²) < 4.78 is 10.00. The van der Waals surface area contributed by atoms with Crippen LogP contribution in [-0.2, 0) is 20.9 Å².